The molecule has 0 radical (unpaired) electrons. The summed E-state index contributed by atoms with van der Waals surface area (Å²) in [6, 6.07) is 12.7. The van der Waals surface area contributed by atoms with Crippen molar-refractivity contribution in [3.63, 3.8) is 0 Å². The minimum atomic E-state index is -0.937. The number of ether oxygens (including phenoxy) is 1. The first-order valence-corrected chi connectivity index (χ1v) is 11.0. The lowest BCUT2D eigenvalue weighted by Crippen LogP contribution is -2.49. The maximum atomic E-state index is 13.2. The molecule has 2 N–H and O–H groups in total. The van der Waals surface area contributed by atoms with Crippen LogP contribution >= 0.6 is 35.4 Å². The lowest BCUT2D eigenvalue weighted by atomic mass is 10.00. The second-order valence-electron chi connectivity index (χ2n) is 7.24. The van der Waals surface area contributed by atoms with E-state index in [1.807, 2.05) is 32.0 Å². The molecule has 1 aliphatic rings. The van der Waals surface area contributed by atoms with Crippen molar-refractivity contribution in [1.29, 1.82) is 0 Å². The standard InChI is InChI=1S/C22H24Cl2N4O2S/c1-13(2)30-11-10-25-22(31)27-20-21(29)28(3)18-9-8-14(23)12-16(18)19(26-20)15-6-4-5-7-17(15)24/h4-9,12-13,20H,10-11H2,1-3H3,(H2,25,27,31). The van der Waals surface area contributed by atoms with Crippen molar-refractivity contribution >= 4 is 57.8 Å². The minimum Gasteiger partial charge on any atom is -0.377 e. The van der Waals surface area contributed by atoms with Crippen LogP contribution in [0, 0.1) is 0 Å². The normalized spacial score (nSPS) is 15.9. The minimum absolute atomic E-state index is 0.133. The Balaban J connectivity index is 1.94. The van der Waals surface area contributed by atoms with Crippen molar-refractivity contribution in [3.05, 3.63) is 63.6 Å². The zero-order valence-corrected chi connectivity index (χ0v) is 19.8. The van der Waals surface area contributed by atoms with Crippen LogP contribution in [0.1, 0.15) is 25.0 Å². The van der Waals surface area contributed by atoms with Crippen LogP contribution in [-0.2, 0) is 9.53 Å². The lowest BCUT2D eigenvalue weighted by molar-refractivity contribution is -0.119. The molecule has 1 aliphatic heterocycles. The van der Waals surface area contributed by atoms with Crippen LogP contribution < -0.4 is 15.5 Å². The second kappa shape index (κ2) is 10.4. The Bertz CT molecular complexity index is 1010. The van der Waals surface area contributed by atoms with E-state index < -0.39 is 6.17 Å². The van der Waals surface area contributed by atoms with E-state index >= 15 is 0 Å². The molecule has 164 valence electrons. The first kappa shape index (κ1) is 23.5. The number of likely N-dealkylation sites (N-methyl/N-ethyl adjacent to an activating group) is 1. The number of rotatable bonds is 6. The largest absolute Gasteiger partial charge is 0.377 e. The quantitative estimate of drug-likeness (QED) is 0.484. The molecule has 3 rings (SSSR count). The number of nitrogens with one attached hydrogen (secondary N) is 2. The molecule has 9 heteroatoms. The SMILES string of the molecule is CC(C)OCCNC(=S)NC1N=C(c2ccccc2Cl)c2cc(Cl)ccc2N(C)C1=O. The molecule has 1 atom stereocenters. The topological polar surface area (TPSA) is 66.0 Å². The number of carbonyl (C=O) groups is 1. The van der Waals surface area contributed by atoms with E-state index in [1.165, 1.54) is 0 Å². The van der Waals surface area contributed by atoms with E-state index in [0.29, 0.717) is 50.8 Å². The summed E-state index contributed by atoms with van der Waals surface area (Å²) < 4.78 is 5.50. The number of hydrogen-bond acceptors (Lipinski definition) is 4. The molecule has 1 unspecified atom stereocenters. The van der Waals surface area contributed by atoms with Gasteiger partial charge in [-0.05, 0) is 50.3 Å². The number of thiocarbonyl (C=S) groups is 1. The zero-order chi connectivity index (χ0) is 22.5. The van der Waals surface area contributed by atoms with Crippen LogP contribution in [-0.4, -0.2) is 49.2 Å². The Morgan fingerprint density at radius 2 is 1.97 bits per heavy atom. The number of halogens is 2. The van der Waals surface area contributed by atoms with Crippen molar-refractivity contribution in [2.45, 2.75) is 26.1 Å². The maximum absolute atomic E-state index is 13.2. The summed E-state index contributed by atoms with van der Waals surface area (Å²) in [6.07, 6.45) is -0.804. The van der Waals surface area contributed by atoms with Gasteiger partial charge in [-0.2, -0.15) is 0 Å². The Morgan fingerprint density at radius 1 is 1.23 bits per heavy atom. The van der Waals surface area contributed by atoms with Crippen LogP contribution in [0.25, 0.3) is 0 Å². The zero-order valence-electron chi connectivity index (χ0n) is 17.5. The van der Waals surface area contributed by atoms with Crippen molar-refractivity contribution in [3.8, 4) is 0 Å². The molecule has 0 aromatic heterocycles. The van der Waals surface area contributed by atoms with Gasteiger partial charge in [-0.1, -0.05) is 41.4 Å². The molecule has 1 amide bonds. The van der Waals surface area contributed by atoms with E-state index in [1.54, 1.807) is 36.2 Å². The Kier molecular flexibility index (Phi) is 7.89. The van der Waals surface area contributed by atoms with Crippen LogP contribution in [0.2, 0.25) is 10.0 Å². The summed E-state index contributed by atoms with van der Waals surface area (Å²) in [7, 11) is 1.70. The van der Waals surface area contributed by atoms with Gasteiger partial charge in [0.2, 0.25) is 6.17 Å². The summed E-state index contributed by atoms with van der Waals surface area (Å²) >= 11 is 18.1. The van der Waals surface area contributed by atoms with E-state index in [4.69, 9.17) is 45.1 Å². The van der Waals surface area contributed by atoms with Gasteiger partial charge < -0.3 is 20.3 Å². The molecule has 0 spiro atoms. The summed E-state index contributed by atoms with van der Waals surface area (Å²) in [5.41, 5.74) is 2.66. The Hall–Kier alpha value is -2.19. The van der Waals surface area contributed by atoms with Crippen molar-refractivity contribution in [2.75, 3.05) is 25.1 Å². The highest BCUT2D eigenvalue weighted by atomic mass is 35.5. The van der Waals surface area contributed by atoms with Crippen molar-refractivity contribution in [1.82, 2.24) is 10.6 Å². The van der Waals surface area contributed by atoms with E-state index in [-0.39, 0.29) is 12.0 Å². The maximum Gasteiger partial charge on any atom is 0.272 e. The van der Waals surface area contributed by atoms with Gasteiger partial charge in [-0.3, -0.25) is 4.79 Å². The number of carbonyl (C=O) groups excluding carboxylic acids is 1. The van der Waals surface area contributed by atoms with Gasteiger partial charge in [0.25, 0.3) is 5.91 Å². The highest BCUT2D eigenvalue weighted by Crippen LogP contribution is 2.31. The van der Waals surface area contributed by atoms with E-state index in [2.05, 4.69) is 10.6 Å². The summed E-state index contributed by atoms with van der Waals surface area (Å²) in [6.45, 7) is 4.94. The van der Waals surface area contributed by atoms with Gasteiger partial charge in [-0.25, -0.2) is 4.99 Å². The molecule has 6 nitrogen and oxygen atoms in total. The van der Waals surface area contributed by atoms with Crippen molar-refractivity contribution < 1.29 is 9.53 Å². The Labute approximate surface area is 197 Å². The molecule has 0 bridgehead atoms. The molecular formula is C22H24Cl2N4O2S. The molecule has 2 aromatic carbocycles. The fourth-order valence-corrected chi connectivity index (χ4v) is 3.75. The van der Waals surface area contributed by atoms with Crippen LogP contribution in [0.3, 0.4) is 0 Å². The molecule has 31 heavy (non-hydrogen) atoms. The fraction of sp³-hybridized carbons (Fsp3) is 0.318. The number of fused-ring (bicyclic) bond motifs is 1. The highest BCUT2D eigenvalue weighted by Gasteiger charge is 2.31. The van der Waals surface area contributed by atoms with Gasteiger partial charge in [0.1, 0.15) is 0 Å². The molecule has 0 fully saturated rings. The average molecular weight is 479 g/mol. The van der Waals surface area contributed by atoms with Crippen molar-refractivity contribution in [2.24, 2.45) is 4.99 Å². The second-order valence-corrected chi connectivity index (χ2v) is 8.49. The number of hydrogen-bond donors (Lipinski definition) is 2. The van der Waals surface area contributed by atoms with Crippen LogP contribution in [0.4, 0.5) is 5.69 Å². The highest BCUT2D eigenvalue weighted by molar-refractivity contribution is 7.80. The van der Waals surface area contributed by atoms with E-state index in [0.717, 1.165) is 0 Å². The molecule has 1 heterocycles. The van der Waals surface area contributed by atoms with Gasteiger partial charge >= 0.3 is 0 Å². The molecule has 0 aliphatic carbocycles. The number of nitrogens with zero attached hydrogens (tertiary/aromatic N) is 2. The van der Waals surface area contributed by atoms with Gasteiger partial charge in [0.15, 0.2) is 5.11 Å². The summed E-state index contributed by atoms with van der Waals surface area (Å²) in [5.74, 6) is -0.256. The molecular weight excluding hydrogens is 455 g/mol. The van der Waals surface area contributed by atoms with Gasteiger partial charge in [-0.15, -0.1) is 0 Å². The Morgan fingerprint density at radius 3 is 2.68 bits per heavy atom. The summed E-state index contributed by atoms with van der Waals surface area (Å²) in [4.78, 5) is 19.5. The van der Waals surface area contributed by atoms with Gasteiger partial charge in [0, 0.05) is 34.8 Å². The lowest BCUT2D eigenvalue weighted by Gasteiger charge is -2.22. The summed E-state index contributed by atoms with van der Waals surface area (Å²) in [5, 5.41) is 7.42. The number of amides is 1. The van der Waals surface area contributed by atoms with Crippen LogP contribution in [0.15, 0.2) is 47.5 Å². The number of aliphatic imine (C=N–C) groups is 1. The predicted molar refractivity (Wildman–Crippen MR) is 131 cm³/mol. The number of anilines is 1. The number of benzodiazepines with no additional fused rings is 1. The number of benzene rings is 2. The third-order valence-corrected chi connectivity index (χ3v) is 5.46. The fourth-order valence-electron chi connectivity index (χ4n) is 3.14. The monoisotopic (exact) mass is 478 g/mol. The smallest absolute Gasteiger partial charge is 0.272 e. The average Bonchev–Trinajstić information content (AvgIpc) is 2.82. The molecule has 2 aromatic rings. The first-order valence-electron chi connectivity index (χ1n) is 9.84. The first-order chi connectivity index (χ1) is 14.8. The molecule has 0 saturated heterocycles. The third-order valence-electron chi connectivity index (χ3n) is 4.63. The van der Waals surface area contributed by atoms with Crippen LogP contribution in [0.5, 0.6) is 0 Å². The molecule has 0 saturated carbocycles. The third kappa shape index (κ3) is 5.74. The predicted octanol–water partition coefficient (Wildman–Crippen LogP) is 4.02. The van der Waals surface area contributed by atoms with E-state index in [9.17, 15) is 4.79 Å². The van der Waals surface area contributed by atoms with Gasteiger partial charge in [0.05, 0.1) is 24.1 Å².